The van der Waals surface area contributed by atoms with E-state index in [0.29, 0.717) is 10.2 Å². The second-order valence-corrected chi connectivity index (χ2v) is 5.18. The first kappa shape index (κ1) is 14.9. The summed E-state index contributed by atoms with van der Waals surface area (Å²) in [6.07, 6.45) is 3.41. The van der Waals surface area contributed by atoms with Crippen LogP contribution in [0.1, 0.15) is 24.1 Å². The van der Waals surface area contributed by atoms with Crippen molar-refractivity contribution in [2.75, 3.05) is 13.7 Å². The molecule has 1 heterocycles. The summed E-state index contributed by atoms with van der Waals surface area (Å²) in [7, 11) is 1.60. The molecule has 0 bridgehead atoms. The summed E-state index contributed by atoms with van der Waals surface area (Å²) in [6.45, 7) is 2.77. The molecule has 0 radical (unpaired) electrons. The van der Waals surface area contributed by atoms with Crippen molar-refractivity contribution in [1.29, 1.82) is 0 Å². The number of ether oxygens (including phenoxy) is 1. The van der Waals surface area contributed by atoms with Gasteiger partial charge in [-0.3, -0.25) is 4.98 Å². The second kappa shape index (κ2) is 6.81. The topological polar surface area (TPSA) is 34.2 Å². The zero-order chi connectivity index (χ0) is 14.5. The normalized spacial score (nSPS) is 12.2. The molecule has 5 heteroatoms. The van der Waals surface area contributed by atoms with Gasteiger partial charge in [0.25, 0.3) is 0 Å². The van der Waals surface area contributed by atoms with E-state index in [2.05, 4.69) is 26.2 Å². The molecule has 2 rings (SSSR count). The van der Waals surface area contributed by atoms with Crippen molar-refractivity contribution < 1.29 is 9.13 Å². The molecule has 0 aliphatic rings. The summed E-state index contributed by atoms with van der Waals surface area (Å²) in [4.78, 5) is 4.16. The van der Waals surface area contributed by atoms with Gasteiger partial charge in [-0.05, 0) is 51.8 Å². The Morgan fingerprint density at radius 3 is 2.75 bits per heavy atom. The highest BCUT2D eigenvalue weighted by atomic mass is 79.9. The van der Waals surface area contributed by atoms with E-state index in [9.17, 15) is 4.39 Å². The Morgan fingerprint density at radius 2 is 2.10 bits per heavy atom. The summed E-state index contributed by atoms with van der Waals surface area (Å²) >= 11 is 3.17. The van der Waals surface area contributed by atoms with E-state index < -0.39 is 0 Å². The van der Waals surface area contributed by atoms with E-state index >= 15 is 0 Å². The van der Waals surface area contributed by atoms with Gasteiger partial charge in [-0.1, -0.05) is 13.0 Å². The van der Waals surface area contributed by atoms with Gasteiger partial charge in [-0.2, -0.15) is 0 Å². The highest BCUT2D eigenvalue weighted by molar-refractivity contribution is 9.10. The molecule has 1 aromatic heterocycles. The first-order valence-corrected chi connectivity index (χ1v) is 7.12. The predicted molar refractivity (Wildman–Crippen MR) is 80.4 cm³/mol. The van der Waals surface area contributed by atoms with Gasteiger partial charge in [0.15, 0.2) is 0 Å². The van der Waals surface area contributed by atoms with Crippen LogP contribution in [0, 0.1) is 5.82 Å². The van der Waals surface area contributed by atoms with Gasteiger partial charge in [-0.15, -0.1) is 0 Å². The number of methoxy groups -OCH3 is 1. The molecule has 0 aliphatic heterocycles. The minimum Gasteiger partial charge on any atom is -0.495 e. The van der Waals surface area contributed by atoms with Gasteiger partial charge in [0, 0.05) is 6.20 Å². The maximum absolute atomic E-state index is 13.7. The Balaban J connectivity index is 2.41. The molecule has 0 saturated heterocycles. The van der Waals surface area contributed by atoms with Crippen LogP contribution >= 0.6 is 15.9 Å². The lowest BCUT2D eigenvalue weighted by atomic mass is 10.00. The van der Waals surface area contributed by atoms with Gasteiger partial charge in [-0.25, -0.2) is 4.39 Å². The van der Waals surface area contributed by atoms with Crippen molar-refractivity contribution in [3.8, 4) is 5.75 Å². The maximum atomic E-state index is 13.7. The number of rotatable bonds is 5. The molecule has 0 saturated carbocycles. The summed E-state index contributed by atoms with van der Waals surface area (Å²) in [6, 6.07) is 6.91. The molecule has 106 valence electrons. The average Bonchev–Trinajstić information content (AvgIpc) is 2.48. The van der Waals surface area contributed by atoms with Crippen molar-refractivity contribution in [2.45, 2.75) is 13.0 Å². The van der Waals surface area contributed by atoms with Crippen molar-refractivity contribution in [1.82, 2.24) is 10.3 Å². The highest BCUT2D eigenvalue weighted by Crippen LogP contribution is 2.27. The third kappa shape index (κ3) is 3.35. The molecule has 0 fully saturated rings. The van der Waals surface area contributed by atoms with Gasteiger partial charge < -0.3 is 10.1 Å². The molecule has 1 aromatic carbocycles. The van der Waals surface area contributed by atoms with Crippen molar-refractivity contribution in [3.05, 3.63) is 58.1 Å². The fourth-order valence-electron chi connectivity index (χ4n) is 2.03. The van der Waals surface area contributed by atoms with Crippen LogP contribution in [0.3, 0.4) is 0 Å². The van der Waals surface area contributed by atoms with E-state index in [1.54, 1.807) is 25.6 Å². The molecule has 20 heavy (non-hydrogen) atoms. The third-order valence-electron chi connectivity index (χ3n) is 2.99. The molecule has 0 amide bonds. The molecule has 1 N–H and O–H groups in total. The number of hydrogen-bond donors (Lipinski definition) is 1. The van der Waals surface area contributed by atoms with Gasteiger partial charge in [0.1, 0.15) is 11.6 Å². The minimum atomic E-state index is -0.277. The fraction of sp³-hybridized carbons (Fsp3) is 0.267. The van der Waals surface area contributed by atoms with Gasteiger partial charge >= 0.3 is 0 Å². The zero-order valence-electron chi connectivity index (χ0n) is 11.4. The Hall–Kier alpha value is -1.46. The molecule has 1 atom stereocenters. The number of nitrogens with one attached hydrogen (secondary N) is 1. The summed E-state index contributed by atoms with van der Waals surface area (Å²) in [5, 5.41) is 3.34. The van der Waals surface area contributed by atoms with Crippen LogP contribution in [0.5, 0.6) is 5.75 Å². The number of nitrogens with zero attached hydrogens (tertiary/aromatic N) is 1. The summed E-state index contributed by atoms with van der Waals surface area (Å²) < 4.78 is 19.4. The summed E-state index contributed by atoms with van der Waals surface area (Å²) in [5.74, 6) is 0.407. The Morgan fingerprint density at radius 1 is 1.30 bits per heavy atom. The van der Waals surface area contributed by atoms with Crippen LogP contribution in [0.2, 0.25) is 0 Å². The largest absolute Gasteiger partial charge is 0.495 e. The van der Waals surface area contributed by atoms with Crippen LogP contribution in [0.15, 0.2) is 41.1 Å². The summed E-state index contributed by atoms with van der Waals surface area (Å²) in [5.41, 5.74) is 1.79. The van der Waals surface area contributed by atoms with E-state index in [1.165, 1.54) is 6.07 Å². The van der Waals surface area contributed by atoms with E-state index in [0.717, 1.165) is 17.7 Å². The lowest BCUT2D eigenvalue weighted by Gasteiger charge is -2.19. The van der Waals surface area contributed by atoms with Crippen molar-refractivity contribution in [2.24, 2.45) is 0 Å². The van der Waals surface area contributed by atoms with Crippen LogP contribution in [0.25, 0.3) is 0 Å². The molecular weight excluding hydrogens is 323 g/mol. The predicted octanol–water partition coefficient (Wildman–Crippen LogP) is 3.69. The molecule has 3 nitrogen and oxygen atoms in total. The standard InChI is InChI=1S/C15H16BrFN2O/c1-3-19-15(10-4-5-13(16)14(17)7-10)11-6-12(20-2)9-18-8-11/h4-9,15,19H,3H2,1-2H3. The lowest BCUT2D eigenvalue weighted by molar-refractivity contribution is 0.411. The molecule has 2 aromatic rings. The number of benzene rings is 1. The molecule has 1 unspecified atom stereocenters. The van der Waals surface area contributed by atoms with Gasteiger partial charge in [0.2, 0.25) is 0 Å². The first-order chi connectivity index (χ1) is 9.65. The number of hydrogen-bond acceptors (Lipinski definition) is 3. The van der Waals surface area contributed by atoms with Crippen LogP contribution in [-0.4, -0.2) is 18.6 Å². The molecule has 0 spiro atoms. The Kier molecular flexibility index (Phi) is 5.09. The third-order valence-corrected chi connectivity index (χ3v) is 3.63. The highest BCUT2D eigenvalue weighted by Gasteiger charge is 2.15. The van der Waals surface area contributed by atoms with Gasteiger partial charge in [0.05, 0.1) is 23.8 Å². The van der Waals surface area contributed by atoms with E-state index in [1.807, 2.05) is 19.1 Å². The van der Waals surface area contributed by atoms with Crippen molar-refractivity contribution in [3.63, 3.8) is 0 Å². The van der Waals surface area contributed by atoms with Crippen LogP contribution in [-0.2, 0) is 0 Å². The van der Waals surface area contributed by atoms with Crippen molar-refractivity contribution >= 4 is 15.9 Å². The average molecular weight is 339 g/mol. The lowest BCUT2D eigenvalue weighted by Crippen LogP contribution is -2.22. The zero-order valence-corrected chi connectivity index (χ0v) is 12.9. The smallest absolute Gasteiger partial charge is 0.137 e. The second-order valence-electron chi connectivity index (χ2n) is 4.32. The Bertz CT molecular complexity index is 592. The first-order valence-electron chi connectivity index (χ1n) is 6.33. The fourth-order valence-corrected chi connectivity index (χ4v) is 2.28. The quantitative estimate of drug-likeness (QED) is 0.902. The Labute approximate surface area is 126 Å². The van der Waals surface area contributed by atoms with Crippen LogP contribution in [0.4, 0.5) is 4.39 Å². The molecule has 0 aliphatic carbocycles. The maximum Gasteiger partial charge on any atom is 0.137 e. The minimum absolute atomic E-state index is 0.120. The SMILES string of the molecule is CCNC(c1cncc(OC)c1)c1ccc(Br)c(F)c1. The monoisotopic (exact) mass is 338 g/mol. The number of halogens is 2. The molecular formula is C15H16BrFN2O. The van der Waals surface area contributed by atoms with E-state index in [-0.39, 0.29) is 11.9 Å². The number of aromatic nitrogens is 1. The number of pyridine rings is 1. The van der Waals surface area contributed by atoms with E-state index in [4.69, 9.17) is 4.74 Å². The van der Waals surface area contributed by atoms with Crippen LogP contribution < -0.4 is 10.1 Å².